The zero-order chi connectivity index (χ0) is 14.8. The lowest BCUT2D eigenvalue weighted by Crippen LogP contribution is -2.42. The Morgan fingerprint density at radius 1 is 1.20 bits per heavy atom. The highest BCUT2D eigenvalue weighted by Crippen LogP contribution is 2.24. The van der Waals surface area contributed by atoms with Crippen LogP contribution in [0.3, 0.4) is 0 Å². The number of hydrogen-bond acceptors (Lipinski definition) is 5. The van der Waals surface area contributed by atoms with E-state index in [0.717, 1.165) is 25.5 Å². The van der Waals surface area contributed by atoms with E-state index in [1.54, 1.807) is 32.7 Å². The van der Waals surface area contributed by atoms with Crippen molar-refractivity contribution in [2.75, 3.05) is 34.5 Å². The average molecular weight is 319 g/mol. The Bertz CT molecular complexity index is 333. The van der Waals surface area contributed by atoms with Gasteiger partial charge >= 0.3 is 8.80 Å². The molecule has 0 amide bonds. The van der Waals surface area contributed by atoms with Gasteiger partial charge in [0.2, 0.25) is 0 Å². The standard InChI is InChI=1S/C14H26O4SSi/c1-5-13(14-8-6-10-19-14)12-18-9-7-11-20(15-2,16-3)17-4/h6,8,10,13H,5,7,9,11-12H2,1-4H3. The lowest BCUT2D eigenvalue weighted by Gasteiger charge is -2.24. The second-order valence-electron chi connectivity index (χ2n) is 4.59. The minimum Gasteiger partial charge on any atom is -0.381 e. The van der Waals surface area contributed by atoms with Crippen LogP contribution in [0.15, 0.2) is 17.5 Å². The molecule has 0 aliphatic carbocycles. The molecule has 0 aliphatic heterocycles. The highest BCUT2D eigenvalue weighted by atomic mass is 32.1. The minimum atomic E-state index is -2.43. The van der Waals surface area contributed by atoms with Crippen LogP contribution in [-0.2, 0) is 18.0 Å². The van der Waals surface area contributed by atoms with E-state index in [4.69, 9.17) is 18.0 Å². The van der Waals surface area contributed by atoms with Crippen LogP contribution in [0.2, 0.25) is 6.04 Å². The summed E-state index contributed by atoms with van der Waals surface area (Å²) < 4.78 is 22.0. The first-order chi connectivity index (χ1) is 9.71. The molecule has 116 valence electrons. The maximum atomic E-state index is 5.80. The molecule has 0 saturated heterocycles. The summed E-state index contributed by atoms with van der Waals surface area (Å²) in [5.74, 6) is 0.504. The summed E-state index contributed by atoms with van der Waals surface area (Å²) in [6, 6.07) is 5.06. The fraction of sp³-hybridized carbons (Fsp3) is 0.714. The summed E-state index contributed by atoms with van der Waals surface area (Å²) in [5, 5.41) is 2.12. The predicted octanol–water partition coefficient (Wildman–Crippen LogP) is 3.53. The normalized spacial score (nSPS) is 13.6. The molecule has 1 aromatic heterocycles. The van der Waals surface area contributed by atoms with Gasteiger partial charge in [-0.2, -0.15) is 0 Å². The third-order valence-corrected chi connectivity index (χ3v) is 7.33. The highest BCUT2D eigenvalue weighted by molar-refractivity contribution is 7.10. The van der Waals surface area contributed by atoms with E-state index in [-0.39, 0.29) is 0 Å². The molecule has 1 aromatic rings. The molecule has 1 heterocycles. The first-order valence-corrected chi connectivity index (χ1v) is 9.79. The number of ether oxygens (including phenoxy) is 1. The summed E-state index contributed by atoms with van der Waals surface area (Å²) in [6.07, 6.45) is 2.00. The van der Waals surface area contributed by atoms with Crippen LogP contribution in [0.1, 0.15) is 30.6 Å². The van der Waals surface area contributed by atoms with E-state index >= 15 is 0 Å². The second-order valence-corrected chi connectivity index (χ2v) is 8.66. The smallest absolute Gasteiger partial charge is 0.381 e. The van der Waals surface area contributed by atoms with Gasteiger partial charge in [0.1, 0.15) is 0 Å². The van der Waals surface area contributed by atoms with Crippen molar-refractivity contribution in [1.29, 1.82) is 0 Å². The molecule has 6 heteroatoms. The third kappa shape index (κ3) is 5.27. The summed E-state index contributed by atoms with van der Waals surface area (Å²) in [5.41, 5.74) is 0. The third-order valence-electron chi connectivity index (χ3n) is 3.46. The lowest BCUT2D eigenvalue weighted by atomic mass is 10.1. The summed E-state index contributed by atoms with van der Waals surface area (Å²) in [6.45, 7) is 3.69. The molecule has 4 nitrogen and oxygen atoms in total. The lowest BCUT2D eigenvalue weighted by molar-refractivity contribution is 0.101. The van der Waals surface area contributed by atoms with Gasteiger partial charge in [-0.15, -0.1) is 11.3 Å². The van der Waals surface area contributed by atoms with Crippen molar-refractivity contribution in [1.82, 2.24) is 0 Å². The maximum Gasteiger partial charge on any atom is 0.500 e. The van der Waals surface area contributed by atoms with Gasteiger partial charge in [0.25, 0.3) is 0 Å². The molecule has 0 saturated carbocycles. The number of rotatable bonds is 11. The molecule has 1 rings (SSSR count). The van der Waals surface area contributed by atoms with Crippen molar-refractivity contribution in [2.45, 2.75) is 31.7 Å². The fourth-order valence-corrected chi connectivity index (χ4v) is 4.69. The van der Waals surface area contributed by atoms with Crippen molar-refractivity contribution < 1.29 is 18.0 Å². The largest absolute Gasteiger partial charge is 0.500 e. The highest BCUT2D eigenvalue weighted by Gasteiger charge is 2.36. The van der Waals surface area contributed by atoms with Gasteiger partial charge in [-0.25, -0.2) is 0 Å². The Balaban J connectivity index is 2.24. The van der Waals surface area contributed by atoms with E-state index in [0.29, 0.717) is 12.5 Å². The molecule has 1 atom stereocenters. The van der Waals surface area contributed by atoms with Crippen molar-refractivity contribution in [3.63, 3.8) is 0 Å². The Kier molecular flexibility index (Phi) is 8.59. The molecule has 0 N–H and O–H groups in total. The van der Waals surface area contributed by atoms with E-state index in [1.807, 2.05) is 0 Å². The number of hydrogen-bond donors (Lipinski definition) is 0. The summed E-state index contributed by atoms with van der Waals surface area (Å²) >= 11 is 1.80. The Hall–Kier alpha value is -0.243. The van der Waals surface area contributed by atoms with E-state index in [1.165, 1.54) is 4.88 Å². The molecule has 0 fully saturated rings. The van der Waals surface area contributed by atoms with Crippen LogP contribution < -0.4 is 0 Å². The topological polar surface area (TPSA) is 36.9 Å². The SMILES string of the molecule is CCC(COCCC[Si](OC)(OC)OC)c1cccs1. The fourth-order valence-electron chi connectivity index (χ4n) is 2.10. The van der Waals surface area contributed by atoms with E-state index < -0.39 is 8.80 Å². The van der Waals surface area contributed by atoms with Crippen LogP contribution in [0.4, 0.5) is 0 Å². The number of thiophene rings is 1. The van der Waals surface area contributed by atoms with Crippen molar-refractivity contribution in [3.05, 3.63) is 22.4 Å². The zero-order valence-corrected chi connectivity index (χ0v) is 14.7. The van der Waals surface area contributed by atoms with Crippen LogP contribution in [0, 0.1) is 0 Å². The molecular formula is C14H26O4SSi. The molecule has 0 radical (unpaired) electrons. The molecule has 0 aliphatic rings. The van der Waals surface area contributed by atoms with Crippen LogP contribution in [0.25, 0.3) is 0 Å². The van der Waals surface area contributed by atoms with Gasteiger partial charge in [-0.1, -0.05) is 13.0 Å². The van der Waals surface area contributed by atoms with E-state index in [2.05, 4.69) is 24.4 Å². The van der Waals surface area contributed by atoms with Crippen LogP contribution >= 0.6 is 11.3 Å². The first kappa shape index (κ1) is 17.8. The Labute approximate surface area is 127 Å². The zero-order valence-electron chi connectivity index (χ0n) is 12.9. The van der Waals surface area contributed by atoms with Crippen molar-refractivity contribution >= 4 is 20.1 Å². The van der Waals surface area contributed by atoms with Crippen molar-refractivity contribution in [2.24, 2.45) is 0 Å². The molecular weight excluding hydrogens is 292 g/mol. The molecule has 0 aromatic carbocycles. The first-order valence-electron chi connectivity index (χ1n) is 6.98. The minimum absolute atomic E-state index is 0.504. The van der Waals surface area contributed by atoms with E-state index in [9.17, 15) is 0 Å². The van der Waals surface area contributed by atoms with Crippen LogP contribution in [0.5, 0.6) is 0 Å². The van der Waals surface area contributed by atoms with Crippen molar-refractivity contribution in [3.8, 4) is 0 Å². The molecule has 0 bridgehead atoms. The Morgan fingerprint density at radius 3 is 2.40 bits per heavy atom. The van der Waals surface area contributed by atoms with Gasteiger partial charge in [-0.3, -0.25) is 0 Å². The average Bonchev–Trinajstić information content (AvgIpc) is 3.02. The molecule has 20 heavy (non-hydrogen) atoms. The van der Waals surface area contributed by atoms with Gasteiger partial charge in [0.05, 0.1) is 6.61 Å². The van der Waals surface area contributed by atoms with Gasteiger partial charge in [-0.05, 0) is 24.3 Å². The Morgan fingerprint density at radius 2 is 1.90 bits per heavy atom. The van der Waals surface area contributed by atoms with Gasteiger partial charge in [0, 0.05) is 44.8 Å². The van der Waals surface area contributed by atoms with Gasteiger partial charge < -0.3 is 18.0 Å². The maximum absolute atomic E-state index is 5.80. The van der Waals surface area contributed by atoms with Crippen LogP contribution in [-0.4, -0.2) is 43.3 Å². The molecule has 1 unspecified atom stereocenters. The summed E-state index contributed by atoms with van der Waals surface area (Å²) in [7, 11) is 2.49. The van der Waals surface area contributed by atoms with Gasteiger partial charge in [0.15, 0.2) is 0 Å². The molecule has 0 spiro atoms. The predicted molar refractivity (Wildman–Crippen MR) is 84.4 cm³/mol. The second kappa shape index (κ2) is 9.65. The summed E-state index contributed by atoms with van der Waals surface area (Å²) in [4.78, 5) is 1.40. The monoisotopic (exact) mass is 318 g/mol. The quantitative estimate of drug-likeness (QED) is 0.462.